The molecule has 26 heavy (non-hydrogen) atoms. The summed E-state index contributed by atoms with van der Waals surface area (Å²) in [5.41, 5.74) is 1.03. The topological polar surface area (TPSA) is 52.6 Å². The molecule has 0 spiro atoms. The molecule has 0 unspecified atom stereocenters. The molecule has 0 saturated carbocycles. The largest absolute Gasteiger partial charge is 0.356 e. The van der Waals surface area contributed by atoms with E-state index in [2.05, 4.69) is 33.7 Å². The van der Waals surface area contributed by atoms with Crippen LogP contribution in [0.15, 0.2) is 0 Å². The Balaban J connectivity index is 1.55. The SMILES string of the molecule is CCc1c(Cl)nc(C)nc1N1CCC(CC(=O)N2CCN(C)CC2)CC1. The van der Waals surface area contributed by atoms with Crippen molar-refractivity contribution in [1.29, 1.82) is 0 Å². The summed E-state index contributed by atoms with van der Waals surface area (Å²) in [4.78, 5) is 28.1. The van der Waals surface area contributed by atoms with Gasteiger partial charge in [-0.2, -0.15) is 0 Å². The third kappa shape index (κ3) is 4.46. The van der Waals surface area contributed by atoms with Crippen molar-refractivity contribution in [3.8, 4) is 0 Å². The van der Waals surface area contributed by atoms with Gasteiger partial charge in [0, 0.05) is 51.3 Å². The minimum absolute atomic E-state index is 0.326. The van der Waals surface area contributed by atoms with Gasteiger partial charge in [-0.3, -0.25) is 4.79 Å². The molecule has 0 radical (unpaired) electrons. The van der Waals surface area contributed by atoms with Crippen molar-refractivity contribution in [1.82, 2.24) is 19.8 Å². The Bertz CT molecular complexity index is 637. The number of rotatable bonds is 4. The maximum atomic E-state index is 12.6. The van der Waals surface area contributed by atoms with Gasteiger partial charge in [0.25, 0.3) is 0 Å². The average molecular weight is 380 g/mol. The molecule has 6 nitrogen and oxygen atoms in total. The van der Waals surface area contributed by atoms with E-state index < -0.39 is 0 Å². The Morgan fingerprint density at radius 2 is 1.77 bits per heavy atom. The van der Waals surface area contributed by atoms with E-state index in [4.69, 9.17) is 11.6 Å². The van der Waals surface area contributed by atoms with Gasteiger partial charge in [-0.15, -0.1) is 0 Å². The summed E-state index contributed by atoms with van der Waals surface area (Å²) in [6.07, 6.45) is 3.57. The maximum Gasteiger partial charge on any atom is 0.222 e. The first kappa shape index (κ1) is 19.4. The van der Waals surface area contributed by atoms with Crippen LogP contribution < -0.4 is 4.90 Å². The van der Waals surface area contributed by atoms with Crippen molar-refractivity contribution < 1.29 is 4.79 Å². The lowest BCUT2D eigenvalue weighted by atomic mass is 9.92. The second-order valence-corrected chi connectivity index (χ2v) is 7.89. The Hall–Kier alpha value is -1.40. The first-order valence-corrected chi connectivity index (χ1v) is 10.1. The number of likely N-dealkylation sites (N-methyl/N-ethyl adjacent to an activating group) is 1. The van der Waals surface area contributed by atoms with Crippen molar-refractivity contribution in [3.63, 3.8) is 0 Å². The number of piperazine rings is 1. The molecule has 0 N–H and O–H groups in total. The molecule has 1 aromatic rings. The zero-order valence-electron chi connectivity index (χ0n) is 16.2. The molecule has 2 saturated heterocycles. The number of halogens is 1. The quantitative estimate of drug-likeness (QED) is 0.752. The lowest BCUT2D eigenvalue weighted by Gasteiger charge is -2.36. The zero-order chi connectivity index (χ0) is 18.7. The van der Waals surface area contributed by atoms with Crippen LogP contribution >= 0.6 is 11.6 Å². The molecule has 1 aromatic heterocycles. The van der Waals surface area contributed by atoms with Gasteiger partial charge in [0.2, 0.25) is 5.91 Å². The number of aryl methyl sites for hydroxylation is 1. The van der Waals surface area contributed by atoms with Gasteiger partial charge in [0.1, 0.15) is 16.8 Å². The highest BCUT2D eigenvalue weighted by atomic mass is 35.5. The highest BCUT2D eigenvalue weighted by molar-refractivity contribution is 6.30. The number of nitrogens with zero attached hydrogens (tertiary/aromatic N) is 5. The number of aromatic nitrogens is 2. The predicted molar refractivity (Wildman–Crippen MR) is 105 cm³/mol. The molecule has 3 rings (SSSR count). The van der Waals surface area contributed by atoms with E-state index in [0.29, 0.717) is 23.4 Å². The number of hydrogen-bond acceptors (Lipinski definition) is 5. The second-order valence-electron chi connectivity index (χ2n) is 7.54. The van der Waals surface area contributed by atoms with Crippen LogP contribution in [0.4, 0.5) is 5.82 Å². The molecule has 2 aliphatic heterocycles. The van der Waals surface area contributed by atoms with Gasteiger partial charge in [0.15, 0.2) is 0 Å². The van der Waals surface area contributed by atoms with Crippen LogP contribution in [0.1, 0.15) is 37.6 Å². The van der Waals surface area contributed by atoms with Crippen LogP contribution in [0.5, 0.6) is 0 Å². The minimum Gasteiger partial charge on any atom is -0.356 e. The molecule has 144 valence electrons. The van der Waals surface area contributed by atoms with E-state index in [-0.39, 0.29) is 0 Å². The first-order valence-electron chi connectivity index (χ1n) is 9.72. The highest BCUT2D eigenvalue weighted by Crippen LogP contribution is 2.30. The molecule has 0 aliphatic carbocycles. The lowest BCUT2D eigenvalue weighted by Crippen LogP contribution is -2.48. The summed E-state index contributed by atoms with van der Waals surface area (Å²) in [6, 6.07) is 0. The van der Waals surface area contributed by atoms with E-state index in [9.17, 15) is 4.79 Å². The normalized spacial score (nSPS) is 19.8. The van der Waals surface area contributed by atoms with E-state index >= 15 is 0 Å². The van der Waals surface area contributed by atoms with Gasteiger partial charge in [-0.25, -0.2) is 9.97 Å². The fraction of sp³-hybridized carbons (Fsp3) is 0.737. The molecule has 1 amide bonds. The van der Waals surface area contributed by atoms with E-state index in [1.165, 1.54) is 0 Å². The van der Waals surface area contributed by atoms with Crippen molar-refractivity contribution >= 4 is 23.3 Å². The number of hydrogen-bond donors (Lipinski definition) is 0. The average Bonchev–Trinajstić information content (AvgIpc) is 2.62. The molecule has 2 aliphatic rings. The van der Waals surface area contributed by atoms with Crippen molar-refractivity contribution in [2.75, 3.05) is 51.2 Å². The summed E-state index contributed by atoms with van der Waals surface area (Å²) in [5.74, 6) is 2.50. The molecule has 0 aromatic carbocycles. The smallest absolute Gasteiger partial charge is 0.222 e. The third-order valence-corrected chi connectivity index (χ3v) is 5.95. The van der Waals surface area contributed by atoms with Crippen LogP contribution in [0, 0.1) is 12.8 Å². The zero-order valence-corrected chi connectivity index (χ0v) is 16.9. The Morgan fingerprint density at radius 3 is 2.38 bits per heavy atom. The summed E-state index contributed by atoms with van der Waals surface area (Å²) in [5, 5.41) is 0.572. The van der Waals surface area contributed by atoms with Crippen molar-refractivity contribution in [2.45, 2.75) is 39.5 Å². The predicted octanol–water partition coefficient (Wildman–Crippen LogP) is 2.38. The van der Waals surface area contributed by atoms with E-state index in [1.807, 2.05) is 11.8 Å². The number of anilines is 1. The van der Waals surface area contributed by atoms with Crippen LogP contribution in [-0.2, 0) is 11.2 Å². The van der Waals surface area contributed by atoms with Crippen molar-refractivity contribution in [3.05, 3.63) is 16.5 Å². The van der Waals surface area contributed by atoms with Gasteiger partial charge in [-0.05, 0) is 39.2 Å². The highest BCUT2D eigenvalue weighted by Gasteiger charge is 2.27. The standard InChI is InChI=1S/C19H30ClN5O/c1-4-16-18(20)21-14(2)22-19(16)25-7-5-15(6-8-25)13-17(26)24-11-9-23(3)10-12-24/h15H,4-13H2,1-3H3. The lowest BCUT2D eigenvalue weighted by molar-refractivity contribution is -0.133. The maximum absolute atomic E-state index is 12.6. The van der Waals surface area contributed by atoms with Gasteiger partial charge < -0.3 is 14.7 Å². The van der Waals surface area contributed by atoms with Crippen LogP contribution in [0.25, 0.3) is 0 Å². The number of piperidine rings is 1. The van der Waals surface area contributed by atoms with Crippen LogP contribution in [-0.4, -0.2) is 72.0 Å². The van der Waals surface area contributed by atoms with Gasteiger partial charge in [0.05, 0.1) is 0 Å². The summed E-state index contributed by atoms with van der Waals surface area (Å²) in [7, 11) is 2.11. The Morgan fingerprint density at radius 1 is 1.12 bits per heavy atom. The fourth-order valence-electron chi connectivity index (χ4n) is 3.89. The minimum atomic E-state index is 0.326. The molecule has 2 fully saturated rings. The van der Waals surface area contributed by atoms with E-state index in [1.54, 1.807) is 0 Å². The summed E-state index contributed by atoms with van der Waals surface area (Å²) >= 11 is 6.32. The van der Waals surface area contributed by atoms with Crippen LogP contribution in [0.2, 0.25) is 5.15 Å². The molecule has 7 heteroatoms. The monoisotopic (exact) mass is 379 g/mol. The number of carbonyl (C=O) groups is 1. The molecular weight excluding hydrogens is 350 g/mol. The fourth-order valence-corrected chi connectivity index (χ4v) is 4.23. The Labute approximate surface area is 161 Å². The van der Waals surface area contributed by atoms with E-state index in [0.717, 1.165) is 75.7 Å². The molecule has 3 heterocycles. The number of carbonyl (C=O) groups excluding carboxylic acids is 1. The van der Waals surface area contributed by atoms with Gasteiger partial charge in [-0.1, -0.05) is 18.5 Å². The van der Waals surface area contributed by atoms with Crippen molar-refractivity contribution in [2.24, 2.45) is 5.92 Å². The molecule has 0 bridgehead atoms. The molecule has 0 atom stereocenters. The third-order valence-electron chi connectivity index (χ3n) is 5.63. The molecular formula is C19H30ClN5O. The summed E-state index contributed by atoms with van der Waals surface area (Å²) in [6.45, 7) is 9.54. The first-order chi connectivity index (χ1) is 12.5. The van der Waals surface area contributed by atoms with Gasteiger partial charge >= 0.3 is 0 Å². The summed E-state index contributed by atoms with van der Waals surface area (Å²) < 4.78 is 0. The Kier molecular flexibility index (Phi) is 6.35. The van der Waals surface area contributed by atoms with Crippen LogP contribution in [0.3, 0.4) is 0 Å². The second kappa shape index (κ2) is 8.53. The number of amides is 1.